The van der Waals surface area contributed by atoms with Gasteiger partial charge in [0.25, 0.3) is 5.91 Å². The minimum absolute atomic E-state index is 0.163. The first-order valence-corrected chi connectivity index (χ1v) is 9.43. The molecule has 1 N–H and O–H groups in total. The molecule has 132 valence electrons. The second kappa shape index (κ2) is 6.72. The van der Waals surface area contributed by atoms with Crippen LogP contribution in [0.1, 0.15) is 33.9 Å². The molecular formula is C17H14ClF2NO3S. The largest absolute Gasteiger partial charge is 0.345 e. The van der Waals surface area contributed by atoms with Crippen molar-refractivity contribution in [3.05, 3.63) is 64.2 Å². The molecule has 0 saturated carbocycles. The van der Waals surface area contributed by atoms with Crippen LogP contribution in [0.2, 0.25) is 5.02 Å². The molecule has 4 nitrogen and oxygen atoms in total. The lowest BCUT2D eigenvalue weighted by molar-refractivity contribution is 0.0936. The van der Waals surface area contributed by atoms with Crippen molar-refractivity contribution in [2.75, 3.05) is 0 Å². The second-order valence-corrected chi connectivity index (χ2v) is 8.09. The highest BCUT2D eigenvalue weighted by Crippen LogP contribution is 2.33. The van der Waals surface area contributed by atoms with E-state index >= 15 is 0 Å². The first kappa shape index (κ1) is 17.8. The Balaban J connectivity index is 1.75. The van der Waals surface area contributed by atoms with E-state index in [1.165, 1.54) is 12.1 Å². The first-order valence-electron chi connectivity index (χ1n) is 7.50. The second-order valence-electron chi connectivity index (χ2n) is 5.74. The summed E-state index contributed by atoms with van der Waals surface area (Å²) in [6.45, 7) is 0. The van der Waals surface area contributed by atoms with E-state index in [-0.39, 0.29) is 11.6 Å². The van der Waals surface area contributed by atoms with Crippen molar-refractivity contribution in [3.8, 4) is 0 Å². The molecule has 0 spiro atoms. The molecule has 0 bridgehead atoms. The van der Waals surface area contributed by atoms with Crippen molar-refractivity contribution in [1.29, 1.82) is 0 Å². The van der Waals surface area contributed by atoms with E-state index in [1.54, 1.807) is 6.07 Å². The molecule has 25 heavy (non-hydrogen) atoms. The molecule has 8 heteroatoms. The zero-order valence-corrected chi connectivity index (χ0v) is 14.4. The van der Waals surface area contributed by atoms with Gasteiger partial charge in [0.1, 0.15) is 0 Å². The number of aryl methyl sites for hydroxylation is 1. The third-order valence-electron chi connectivity index (χ3n) is 4.17. The van der Waals surface area contributed by atoms with Gasteiger partial charge in [0.05, 0.1) is 10.9 Å². The predicted octanol–water partition coefficient (Wildman–Crippen LogP) is 3.75. The summed E-state index contributed by atoms with van der Waals surface area (Å²) >= 11 is 5.96. The van der Waals surface area contributed by atoms with Gasteiger partial charge in [0.15, 0.2) is 0 Å². The van der Waals surface area contributed by atoms with E-state index in [0.717, 1.165) is 36.1 Å². The molecule has 1 amide bonds. The molecule has 1 atom stereocenters. The molecule has 3 rings (SSSR count). The zero-order chi connectivity index (χ0) is 18.2. The van der Waals surface area contributed by atoms with E-state index in [1.807, 2.05) is 12.1 Å². The quantitative estimate of drug-likeness (QED) is 0.871. The van der Waals surface area contributed by atoms with Gasteiger partial charge >= 0.3 is 5.76 Å². The van der Waals surface area contributed by atoms with Gasteiger partial charge in [-0.3, -0.25) is 4.79 Å². The third-order valence-corrected chi connectivity index (χ3v) is 5.80. The Kier molecular flexibility index (Phi) is 4.79. The number of hydrogen-bond acceptors (Lipinski definition) is 3. The summed E-state index contributed by atoms with van der Waals surface area (Å²) in [5.74, 6) is -3.89. The predicted molar refractivity (Wildman–Crippen MR) is 89.6 cm³/mol. The van der Waals surface area contributed by atoms with Crippen molar-refractivity contribution in [3.63, 3.8) is 0 Å². The van der Waals surface area contributed by atoms with E-state index in [4.69, 9.17) is 11.6 Å². The van der Waals surface area contributed by atoms with Crippen LogP contribution in [-0.2, 0) is 16.3 Å². The Bertz CT molecular complexity index is 914. The number of nitrogens with one attached hydrogen (secondary N) is 1. The topological polar surface area (TPSA) is 63.2 Å². The lowest BCUT2D eigenvalue weighted by Gasteiger charge is -2.14. The number of fused-ring (bicyclic) bond motifs is 1. The monoisotopic (exact) mass is 385 g/mol. The van der Waals surface area contributed by atoms with Crippen LogP contribution in [0.25, 0.3) is 0 Å². The maximum Gasteiger partial charge on any atom is 0.341 e. The van der Waals surface area contributed by atoms with Crippen molar-refractivity contribution in [2.24, 2.45) is 0 Å². The fraction of sp³-hybridized carbons (Fsp3) is 0.235. The van der Waals surface area contributed by atoms with E-state index in [2.05, 4.69) is 5.32 Å². The standard InChI is InChI=1S/C17H14ClF2NO3S/c18-12-4-7-14-11(9-12)3-8-15(14)21-16(22)10-1-5-13(6-2-10)25(23,24)17(19)20/h1-2,4-7,9,15,17H,3,8H2,(H,21,22). The van der Waals surface area contributed by atoms with Crippen molar-refractivity contribution in [1.82, 2.24) is 5.32 Å². The lowest BCUT2D eigenvalue weighted by Crippen LogP contribution is -2.27. The van der Waals surface area contributed by atoms with Crippen LogP contribution in [0, 0.1) is 0 Å². The summed E-state index contributed by atoms with van der Waals surface area (Å²) in [5, 5.41) is 3.51. The molecule has 0 aliphatic heterocycles. The average Bonchev–Trinajstić information content (AvgIpc) is 2.96. The summed E-state index contributed by atoms with van der Waals surface area (Å²) < 4.78 is 47.8. The van der Waals surface area contributed by atoms with Crippen LogP contribution in [-0.4, -0.2) is 20.1 Å². The van der Waals surface area contributed by atoms with Crippen LogP contribution in [0.15, 0.2) is 47.4 Å². The Morgan fingerprint density at radius 1 is 1.16 bits per heavy atom. The van der Waals surface area contributed by atoms with Crippen LogP contribution in [0.3, 0.4) is 0 Å². The smallest absolute Gasteiger partial charge is 0.341 e. The average molecular weight is 386 g/mol. The molecule has 0 fully saturated rings. The molecule has 2 aromatic rings. The van der Waals surface area contributed by atoms with Gasteiger partial charge in [0.2, 0.25) is 9.84 Å². The van der Waals surface area contributed by atoms with Gasteiger partial charge in [-0.15, -0.1) is 0 Å². The SMILES string of the molecule is O=C(NC1CCc2cc(Cl)ccc21)c1ccc(S(=O)(=O)C(F)F)cc1. The van der Waals surface area contributed by atoms with Gasteiger partial charge in [-0.05, 0) is 60.4 Å². The number of alkyl halides is 2. The molecule has 0 radical (unpaired) electrons. The van der Waals surface area contributed by atoms with Gasteiger partial charge in [0, 0.05) is 10.6 Å². The fourth-order valence-corrected chi connectivity index (χ4v) is 3.79. The Labute approximate surface area is 148 Å². The molecular weight excluding hydrogens is 372 g/mol. The Morgan fingerprint density at radius 2 is 1.84 bits per heavy atom. The van der Waals surface area contributed by atoms with Crippen molar-refractivity contribution < 1.29 is 22.0 Å². The molecule has 1 aliphatic rings. The minimum atomic E-state index is -4.66. The fourth-order valence-electron chi connectivity index (χ4n) is 2.88. The number of carbonyl (C=O) groups excluding carboxylic acids is 1. The number of rotatable bonds is 4. The molecule has 0 saturated heterocycles. The normalized spacial score (nSPS) is 16.7. The van der Waals surface area contributed by atoms with Gasteiger partial charge < -0.3 is 5.32 Å². The van der Waals surface area contributed by atoms with Crippen LogP contribution >= 0.6 is 11.6 Å². The van der Waals surface area contributed by atoms with Crippen molar-refractivity contribution in [2.45, 2.75) is 29.5 Å². The van der Waals surface area contributed by atoms with Crippen LogP contribution in [0.4, 0.5) is 8.78 Å². The Morgan fingerprint density at radius 3 is 2.48 bits per heavy atom. The summed E-state index contributed by atoms with van der Waals surface area (Å²) in [7, 11) is -4.66. The molecule has 1 unspecified atom stereocenters. The van der Waals surface area contributed by atoms with Crippen LogP contribution < -0.4 is 5.32 Å². The number of hydrogen-bond donors (Lipinski definition) is 1. The molecule has 2 aromatic carbocycles. The summed E-state index contributed by atoms with van der Waals surface area (Å²) in [5.41, 5.74) is 2.28. The molecule has 1 aliphatic carbocycles. The highest BCUT2D eigenvalue weighted by Gasteiger charge is 2.27. The molecule has 0 heterocycles. The van der Waals surface area contributed by atoms with Gasteiger partial charge in [-0.25, -0.2) is 8.42 Å². The maximum absolute atomic E-state index is 12.5. The highest BCUT2D eigenvalue weighted by molar-refractivity contribution is 7.91. The van der Waals surface area contributed by atoms with Crippen LogP contribution in [0.5, 0.6) is 0 Å². The van der Waals surface area contributed by atoms with E-state index in [0.29, 0.717) is 5.02 Å². The minimum Gasteiger partial charge on any atom is -0.345 e. The maximum atomic E-state index is 12.5. The van der Waals surface area contributed by atoms with Crippen molar-refractivity contribution >= 4 is 27.3 Å². The molecule has 0 aromatic heterocycles. The highest BCUT2D eigenvalue weighted by atomic mass is 35.5. The Hall–Kier alpha value is -1.99. The number of halogens is 3. The number of carbonyl (C=O) groups is 1. The first-order chi connectivity index (χ1) is 11.8. The third kappa shape index (κ3) is 3.52. The van der Waals surface area contributed by atoms with E-state index < -0.39 is 26.4 Å². The number of sulfone groups is 1. The van der Waals surface area contributed by atoms with E-state index in [9.17, 15) is 22.0 Å². The van der Waals surface area contributed by atoms with Gasteiger partial charge in [-0.1, -0.05) is 17.7 Å². The summed E-state index contributed by atoms with van der Waals surface area (Å²) in [6, 6.07) is 9.81. The zero-order valence-electron chi connectivity index (χ0n) is 12.9. The summed E-state index contributed by atoms with van der Waals surface area (Å²) in [6.07, 6.45) is 1.53. The van der Waals surface area contributed by atoms with Gasteiger partial charge in [-0.2, -0.15) is 8.78 Å². The summed E-state index contributed by atoms with van der Waals surface area (Å²) in [4.78, 5) is 11.8. The lowest BCUT2D eigenvalue weighted by atomic mass is 10.1. The number of benzene rings is 2. The number of amides is 1.